The van der Waals surface area contributed by atoms with Gasteiger partial charge in [0.25, 0.3) is 0 Å². The molecule has 0 radical (unpaired) electrons. The second kappa shape index (κ2) is 12.7. The molecule has 2 aromatic rings. The molecule has 0 aliphatic rings. The molecule has 0 aromatic heterocycles. The van der Waals surface area contributed by atoms with Crippen molar-refractivity contribution >= 4 is 35.2 Å². The highest BCUT2D eigenvalue weighted by Crippen LogP contribution is 2.22. The SMILES string of the molecule is CCCNC(=O)[C@H](CC)N(Cc1ccccc1C)C(=O)CSCc1ccccc1Cl. The molecule has 0 fully saturated rings. The topological polar surface area (TPSA) is 49.4 Å². The Morgan fingerprint density at radius 1 is 1.07 bits per heavy atom. The number of aryl methyl sites for hydroxylation is 1. The van der Waals surface area contributed by atoms with Gasteiger partial charge in [0.2, 0.25) is 11.8 Å². The first-order chi connectivity index (χ1) is 14.5. The van der Waals surface area contributed by atoms with E-state index in [-0.39, 0.29) is 11.8 Å². The summed E-state index contributed by atoms with van der Waals surface area (Å²) in [6.45, 7) is 7.04. The van der Waals surface area contributed by atoms with Gasteiger partial charge >= 0.3 is 0 Å². The van der Waals surface area contributed by atoms with Gasteiger partial charge in [-0.15, -0.1) is 11.8 Å². The number of rotatable bonds is 11. The molecule has 0 bridgehead atoms. The van der Waals surface area contributed by atoms with Crippen LogP contribution in [-0.2, 0) is 21.9 Å². The molecule has 162 valence electrons. The predicted octanol–water partition coefficient (Wildman–Crippen LogP) is 5.22. The molecule has 0 heterocycles. The van der Waals surface area contributed by atoms with Gasteiger partial charge in [0.1, 0.15) is 6.04 Å². The monoisotopic (exact) mass is 446 g/mol. The number of hydrogen-bond donors (Lipinski definition) is 1. The molecular weight excluding hydrogens is 416 g/mol. The number of benzene rings is 2. The van der Waals surface area contributed by atoms with Crippen molar-refractivity contribution in [2.75, 3.05) is 12.3 Å². The molecular formula is C24H31ClN2O2S. The lowest BCUT2D eigenvalue weighted by Crippen LogP contribution is -2.49. The Bertz CT molecular complexity index is 843. The number of hydrogen-bond acceptors (Lipinski definition) is 3. The Hall–Kier alpha value is -1.98. The maximum absolute atomic E-state index is 13.2. The van der Waals surface area contributed by atoms with Crippen molar-refractivity contribution < 1.29 is 9.59 Å². The molecule has 0 unspecified atom stereocenters. The van der Waals surface area contributed by atoms with Gasteiger partial charge in [-0.05, 0) is 42.5 Å². The number of amides is 2. The van der Waals surface area contributed by atoms with Gasteiger partial charge in [-0.25, -0.2) is 0 Å². The van der Waals surface area contributed by atoms with E-state index in [9.17, 15) is 9.59 Å². The van der Waals surface area contributed by atoms with E-state index in [1.807, 2.05) is 69.3 Å². The van der Waals surface area contributed by atoms with Crippen LogP contribution >= 0.6 is 23.4 Å². The van der Waals surface area contributed by atoms with Gasteiger partial charge in [0.05, 0.1) is 5.75 Å². The average molecular weight is 447 g/mol. The first-order valence-electron chi connectivity index (χ1n) is 10.4. The smallest absolute Gasteiger partial charge is 0.242 e. The van der Waals surface area contributed by atoms with Crippen molar-refractivity contribution in [1.29, 1.82) is 0 Å². The van der Waals surface area contributed by atoms with Crippen LogP contribution in [0.5, 0.6) is 0 Å². The summed E-state index contributed by atoms with van der Waals surface area (Å²) in [4.78, 5) is 27.7. The van der Waals surface area contributed by atoms with Crippen LogP contribution in [0, 0.1) is 6.92 Å². The minimum atomic E-state index is -0.482. The summed E-state index contributed by atoms with van der Waals surface area (Å²) in [5.41, 5.74) is 3.18. The van der Waals surface area contributed by atoms with Gasteiger partial charge in [-0.1, -0.05) is 67.9 Å². The van der Waals surface area contributed by atoms with Crippen LogP contribution in [0.2, 0.25) is 5.02 Å². The van der Waals surface area contributed by atoms with Crippen molar-refractivity contribution in [1.82, 2.24) is 10.2 Å². The largest absolute Gasteiger partial charge is 0.354 e. The molecule has 1 atom stereocenters. The fourth-order valence-corrected chi connectivity index (χ4v) is 4.40. The number of carbonyl (C=O) groups is 2. The Morgan fingerprint density at radius 2 is 1.73 bits per heavy atom. The molecule has 4 nitrogen and oxygen atoms in total. The lowest BCUT2D eigenvalue weighted by Gasteiger charge is -2.31. The van der Waals surface area contributed by atoms with E-state index in [0.717, 1.165) is 23.1 Å². The highest BCUT2D eigenvalue weighted by Gasteiger charge is 2.28. The number of nitrogens with zero attached hydrogens (tertiary/aromatic N) is 1. The Morgan fingerprint density at radius 3 is 2.37 bits per heavy atom. The second-order valence-corrected chi connectivity index (χ2v) is 8.64. The van der Waals surface area contributed by atoms with E-state index in [4.69, 9.17) is 11.6 Å². The van der Waals surface area contributed by atoms with E-state index < -0.39 is 6.04 Å². The highest BCUT2D eigenvalue weighted by molar-refractivity contribution is 7.99. The molecule has 0 aliphatic carbocycles. The van der Waals surface area contributed by atoms with Crippen molar-refractivity contribution in [3.63, 3.8) is 0 Å². The van der Waals surface area contributed by atoms with Gasteiger partial charge < -0.3 is 10.2 Å². The van der Waals surface area contributed by atoms with Gasteiger partial charge in [-0.2, -0.15) is 0 Å². The number of halogens is 1. The third-order valence-corrected chi connectivity index (χ3v) is 6.31. The van der Waals surface area contributed by atoms with Crippen molar-refractivity contribution in [2.45, 2.75) is 52.0 Å². The molecule has 0 spiro atoms. The molecule has 0 aliphatic heterocycles. The lowest BCUT2D eigenvalue weighted by atomic mass is 10.1. The second-order valence-electron chi connectivity index (χ2n) is 7.25. The van der Waals surface area contributed by atoms with Crippen LogP contribution in [0.3, 0.4) is 0 Å². The summed E-state index contributed by atoms with van der Waals surface area (Å²) in [6.07, 6.45) is 1.43. The van der Waals surface area contributed by atoms with E-state index >= 15 is 0 Å². The minimum absolute atomic E-state index is 0.0335. The number of thioether (sulfide) groups is 1. The predicted molar refractivity (Wildman–Crippen MR) is 127 cm³/mol. The normalized spacial score (nSPS) is 11.7. The highest BCUT2D eigenvalue weighted by atomic mass is 35.5. The number of nitrogens with one attached hydrogen (secondary N) is 1. The van der Waals surface area contributed by atoms with Crippen molar-refractivity contribution in [3.05, 3.63) is 70.2 Å². The Kier molecular flexibility index (Phi) is 10.2. The molecule has 6 heteroatoms. The zero-order chi connectivity index (χ0) is 21.9. The van der Waals surface area contributed by atoms with E-state index in [1.54, 1.807) is 4.90 Å². The lowest BCUT2D eigenvalue weighted by molar-refractivity contribution is -0.139. The minimum Gasteiger partial charge on any atom is -0.354 e. The van der Waals surface area contributed by atoms with Crippen LogP contribution in [0.25, 0.3) is 0 Å². The Balaban J connectivity index is 2.14. The zero-order valence-electron chi connectivity index (χ0n) is 18.0. The van der Waals surface area contributed by atoms with Gasteiger partial charge in [0.15, 0.2) is 0 Å². The van der Waals surface area contributed by atoms with E-state index in [0.29, 0.717) is 36.0 Å². The van der Waals surface area contributed by atoms with Gasteiger partial charge in [0, 0.05) is 23.9 Å². The van der Waals surface area contributed by atoms with Crippen molar-refractivity contribution in [2.24, 2.45) is 0 Å². The van der Waals surface area contributed by atoms with E-state index in [2.05, 4.69) is 5.32 Å². The molecule has 0 saturated heterocycles. The van der Waals surface area contributed by atoms with E-state index in [1.165, 1.54) is 11.8 Å². The van der Waals surface area contributed by atoms with Crippen LogP contribution < -0.4 is 5.32 Å². The summed E-state index contributed by atoms with van der Waals surface area (Å²) >= 11 is 7.75. The first kappa shape index (κ1) is 24.3. The summed E-state index contributed by atoms with van der Waals surface area (Å²) in [6, 6.07) is 15.2. The molecule has 0 saturated carbocycles. The van der Waals surface area contributed by atoms with Crippen LogP contribution in [0.1, 0.15) is 43.4 Å². The number of carbonyl (C=O) groups excluding carboxylic acids is 2. The maximum Gasteiger partial charge on any atom is 0.242 e. The summed E-state index contributed by atoms with van der Waals surface area (Å²) in [7, 11) is 0. The summed E-state index contributed by atoms with van der Waals surface area (Å²) < 4.78 is 0. The molecule has 30 heavy (non-hydrogen) atoms. The van der Waals surface area contributed by atoms with Gasteiger partial charge in [-0.3, -0.25) is 9.59 Å². The first-order valence-corrected chi connectivity index (χ1v) is 11.9. The fraction of sp³-hybridized carbons (Fsp3) is 0.417. The van der Waals surface area contributed by atoms with Crippen LogP contribution in [0.4, 0.5) is 0 Å². The molecule has 2 amide bonds. The molecule has 1 N–H and O–H groups in total. The quantitative estimate of drug-likeness (QED) is 0.515. The maximum atomic E-state index is 13.2. The Labute approximate surface area is 189 Å². The average Bonchev–Trinajstić information content (AvgIpc) is 2.74. The summed E-state index contributed by atoms with van der Waals surface area (Å²) in [5.74, 6) is 0.836. The van der Waals surface area contributed by atoms with Crippen molar-refractivity contribution in [3.8, 4) is 0 Å². The molecule has 2 rings (SSSR count). The third kappa shape index (κ3) is 7.06. The summed E-state index contributed by atoms with van der Waals surface area (Å²) in [5, 5.41) is 3.66. The standard InChI is InChI=1S/C24H31ClN2O2S/c1-4-14-26-24(29)22(5-2)27(15-19-11-7-6-10-18(19)3)23(28)17-30-16-20-12-8-9-13-21(20)25/h6-13,22H,4-5,14-17H2,1-3H3,(H,26,29)/t22-/m0/s1. The zero-order valence-corrected chi connectivity index (χ0v) is 19.6. The third-order valence-electron chi connectivity index (χ3n) is 4.98. The molecule has 2 aromatic carbocycles. The fourth-order valence-electron chi connectivity index (χ4n) is 3.20. The van der Waals surface area contributed by atoms with Crippen LogP contribution in [-0.4, -0.2) is 35.1 Å². The van der Waals surface area contributed by atoms with Crippen LogP contribution in [0.15, 0.2) is 48.5 Å².